The first kappa shape index (κ1) is 18.1. The van der Waals surface area contributed by atoms with Crippen molar-refractivity contribution in [3.63, 3.8) is 0 Å². The summed E-state index contributed by atoms with van der Waals surface area (Å²) in [4.78, 5) is 14.5. The Morgan fingerprint density at radius 1 is 1.30 bits per heavy atom. The fourth-order valence-corrected chi connectivity index (χ4v) is 3.80. The van der Waals surface area contributed by atoms with Crippen molar-refractivity contribution < 1.29 is 9.53 Å². The van der Waals surface area contributed by atoms with Crippen LogP contribution in [0.5, 0.6) is 5.75 Å². The Morgan fingerprint density at radius 3 is 2.65 bits per heavy atom. The van der Waals surface area contributed by atoms with Crippen LogP contribution in [0.1, 0.15) is 37.7 Å². The van der Waals surface area contributed by atoms with Gasteiger partial charge in [-0.2, -0.15) is 0 Å². The molecule has 2 aliphatic rings. The molecule has 1 aromatic carbocycles. The van der Waals surface area contributed by atoms with Crippen LogP contribution in [0.3, 0.4) is 0 Å². The van der Waals surface area contributed by atoms with Gasteiger partial charge in [0, 0.05) is 31.6 Å². The van der Waals surface area contributed by atoms with Crippen molar-refractivity contribution in [2.45, 2.75) is 56.7 Å². The van der Waals surface area contributed by atoms with Gasteiger partial charge < -0.3 is 15.0 Å². The smallest absolute Gasteiger partial charge is 0.222 e. The third-order valence-electron chi connectivity index (χ3n) is 5.15. The van der Waals surface area contributed by atoms with Crippen LogP contribution in [0.15, 0.2) is 24.3 Å². The predicted molar refractivity (Wildman–Crippen MR) is 94.3 cm³/mol. The van der Waals surface area contributed by atoms with E-state index in [0.717, 1.165) is 30.6 Å². The highest BCUT2D eigenvalue weighted by molar-refractivity contribution is 5.85. The Morgan fingerprint density at radius 2 is 2.00 bits per heavy atom. The van der Waals surface area contributed by atoms with Gasteiger partial charge in [0.05, 0.1) is 7.11 Å². The van der Waals surface area contributed by atoms with Crippen LogP contribution in [-0.2, 0) is 11.2 Å². The van der Waals surface area contributed by atoms with Gasteiger partial charge in [-0.3, -0.25) is 4.79 Å². The Balaban J connectivity index is 0.00000192. The zero-order valence-electron chi connectivity index (χ0n) is 14.0. The molecule has 4 nitrogen and oxygen atoms in total. The van der Waals surface area contributed by atoms with Crippen LogP contribution in [0.25, 0.3) is 0 Å². The molecule has 2 heterocycles. The van der Waals surface area contributed by atoms with E-state index in [1.165, 1.54) is 12.8 Å². The predicted octanol–water partition coefficient (Wildman–Crippen LogP) is 2.79. The van der Waals surface area contributed by atoms with E-state index in [9.17, 15) is 4.79 Å². The Bertz CT molecular complexity index is 526. The Kier molecular flexibility index (Phi) is 6.31. The number of aryl methyl sites for hydroxylation is 1. The van der Waals surface area contributed by atoms with Gasteiger partial charge in [-0.05, 0) is 49.8 Å². The van der Waals surface area contributed by atoms with Gasteiger partial charge in [0.15, 0.2) is 0 Å². The highest BCUT2D eigenvalue weighted by Gasteiger charge is 2.36. The van der Waals surface area contributed by atoms with E-state index in [1.54, 1.807) is 7.11 Å². The highest BCUT2D eigenvalue weighted by atomic mass is 35.5. The van der Waals surface area contributed by atoms with Gasteiger partial charge in [0.2, 0.25) is 5.91 Å². The van der Waals surface area contributed by atoms with E-state index < -0.39 is 0 Å². The molecule has 1 amide bonds. The average molecular weight is 339 g/mol. The first-order valence-electron chi connectivity index (χ1n) is 8.30. The van der Waals surface area contributed by atoms with Gasteiger partial charge in [0.25, 0.3) is 0 Å². The zero-order valence-corrected chi connectivity index (χ0v) is 14.8. The van der Waals surface area contributed by atoms with Gasteiger partial charge in [-0.1, -0.05) is 12.1 Å². The summed E-state index contributed by atoms with van der Waals surface area (Å²) in [5.74, 6) is 1.11. The van der Waals surface area contributed by atoms with Gasteiger partial charge in [0.1, 0.15) is 5.75 Å². The molecule has 1 aromatic rings. The van der Waals surface area contributed by atoms with Crippen LogP contribution in [0.4, 0.5) is 0 Å². The van der Waals surface area contributed by atoms with Gasteiger partial charge in [-0.25, -0.2) is 0 Å². The minimum Gasteiger partial charge on any atom is -0.497 e. The third kappa shape index (κ3) is 4.39. The molecule has 2 unspecified atom stereocenters. The number of halogens is 1. The maximum absolute atomic E-state index is 12.5. The standard InChI is InChI=1S/C18H26N2O2.ClH/c1-20(16-11-14-7-8-15(12-16)19-14)18(21)9-6-13-4-3-5-17(10-13)22-2;/h3-5,10,14-16,19H,6-9,11-12H2,1-2H3;1H. The number of nitrogens with zero attached hydrogens (tertiary/aromatic N) is 1. The molecule has 3 rings (SSSR count). The molecule has 2 atom stereocenters. The number of carbonyl (C=O) groups excluding carboxylic acids is 1. The van der Waals surface area contributed by atoms with E-state index in [4.69, 9.17) is 4.74 Å². The molecule has 23 heavy (non-hydrogen) atoms. The number of carbonyl (C=O) groups is 1. The minimum absolute atomic E-state index is 0. The Labute approximate surface area is 145 Å². The summed E-state index contributed by atoms with van der Waals surface area (Å²) in [6.45, 7) is 0. The number of fused-ring (bicyclic) bond motifs is 2. The molecular weight excluding hydrogens is 312 g/mol. The maximum Gasteiger partial charge on any atom is 0.222 e. The summed E-state index contributed by atoms with van der Waals surface area (Å²) in [5.41, 5.74) is 1.16. The molecule has 5 heteroatoms. The van der Waals surface area contributed by atoms with E-state index in [2.05, 4.69) is 11.4 Å². The lowest BCUT2D eigenvalue weighted by atomic mass is 9.98. The fourth-order valence-electron chi connectivity index (χ4n) is 3.80. The number of rotatable bonds is 5. The summed E-state index contributed by atoms with van der Waals surface area (Å²) >= 11 is 0. The van der Waals surface area contributed by atoms with Crippen LogP contribution < -0.4 is 10.1 Å². The monoisotopic (exact) mass is 338 g/mol. The lowest BCUT2D eigenvalue weighted by Gasteiger charge is -2.35. The number of methoxy groups -OCH3 is 1. The third-order valence-corrected chi connectivity index (χ3v) is 5.15. The van der Waals surface area contributed by atoms with Crippen molar-refractivity contribution >= 4 is 18.3 Å². The molecular formula is C18H27ClN2O2. The number of nitrogens with one attached hydrogen (secondary N) is 1. The largest absolute Gasteiger partial charge is 0.497 e. The normalized spacial score (nSPS) is 25.6. The van der Waals surface area contributed by atoms with Crippen molar-refractivity contribution in [3.05, 3.63) is 29.8 Å². The summed E-state index contributed by atoms with van der Waals surface area (Å²) in [5, 5.41) is 3.63. The molecule has 0 aliphatic carbocycles. The zero-order chi connectivity index (χ0) is 15.5. The highest BCUT2D eigenvalue weighted by Crippen LogP contribution is 2.29. The lowest BCUT2D eigenvalue weighted by molar-refractivity contribution is -0.132. The first-order chi connectivity index (χ1) is 10.7. The number of amides is 1. The number of hydrogen-bond acceptors (Lipinski definition) is 3. The quantitative estimate of drug-likeness (QED) is 0.897. The number of benzene rings is 1. The minimum atomic E-state index is 0. The maximum atomic E-state index is 12.5. The average Bonchev–Trinajstić information content (AvgIpc) is 2.90. The summed E-state index contributed by atoms with van der Waals surface area (Å²) in [6, 6.07) is 9.64. The van der Waals surface area contributed by atoms with E-state index >= 15 is 0 Å². The second-order valence-electron chi connectivity index (χ2n) is 6.62. The molecule has 0 saturated carbocycles. The molecule has 128 valence electrons. The second-order valence-corrected chi connectivity index (χ2v) is 6.62. The summed E-state index contributed by atoms with van der Waals surface area (Å²) < 4.78 is 5.23. The van der Waals surface area contributed by atoms with Crippen molar-refractivity contribution in [2.24, 2.45) is 0 Å². The topological polar surface area (TPSA) is 41.6 Å². The van der Waals surface area contributed by atoms with Crippen molar-refractivity contribution in [2.75, 3.05) is 14.2 Å². The van der Waals surface area contributed by atoms with Crippen LogP contribution in [-0.4, -0.2) is 43.1 Å². The number of piperidine rings is 1. The second kappa shape index (κ2) is 8.02. The van der Waals surface area contributed by atoms with Gasteiger partial charge in [-0.15, -0.1) is 12.4 Å². The molecule has 0 aromatic heterocycles. The molecule has 2 saturated heterocycles. The van der Waals surface area contributed by atoms with Crippen LogP contribution in [0.2, 0.25) is 0 Å². The number of hydrogen-bond donors (Lipinski definition) is 1. The Hall–Kier alpha value is -1.26. The van der Waals surface area contributed by atoms with Crippen LogP contribution >= 0.6 is 12.4 Å². The molecule has 2 fully saturated rings. The van der Waals surface area contributed by atoms with E-state index in [0.29, 0.717) is 24.5 Å². The number of ether oxygens (including phenoxy) is 1. The van der Waals surface area contributed by atoms with Gasteiger partial charge >= 0.3 is 0 Å². The molecule has 0 spiro atoms. The molecule has 2 aliphatic heterocycles. The van der Waals surface area contributed by atoms with Crippen molar-refractivity contribution in [1.82, 2.24) is 10.2 Å². The lowest BCUT2D eigenvalue weighted by Crippen LogP contribution is -2.48. The van der Waals surface area contributed by atoms with Crippen LogP contribution in [0, 0.1) is 0 Å². The molecule has 2 bridgehead atoms. The van der Waals surface area contributed by atoms with Crippen molar-refractivity contribution in [1.29, 1.82) is 0 Å². The van der Waals surface area contributed by atoms with Crippen molar-refractivity contribution in [3.8, 4) is 5.75 Å². The molecule has 0 radical (unpaired) electrons. The molecule has 1 N–H and O–H groups in total. The summed E-state index contributed by atoms with van der Waals surface area (Å²) in [7, 11) is 3.65. The fraction of sp³-hybridized carbons (Fsp3) is 0.611. The summed E-state index contributed by atoms with van der Waals surface area (Å²) in [6.07, 6.45) is 6.11. The first-order valence-corrected chi connectivity index (χ1v) is 8.30. The SMILES string of the molecule is COc1cccc(CCC(=O)N(C)C2CC3CCC(C2)N3)c1.Cl. The van der Waals surface area contributed by atoms with E-state index in [1.807, 2.05) is 30.1 Å². The van der Waals surface area contributed by atoms with E-state index in [-0.39, 0.29) is 18.3 Å².